The van der Waals surface area contributed by atoms with Crippen LogP contribution in [0.25, 0.3) is 0 Å². The quantitative estimate of drug-likeness (QED) is 0.402. The highest BCUT2D eigenvalue weighted by Gasteiger charge is 2.15. The van der Waals surface area contributed by atoms with E-state index >= 15 is 0 Å². The van der Waals surface area contributed by atoms with Crippen molar-refractivity contribution in [3.8, 4) is 5.75 Å². The molecule has 0 amide bonds. The standard InChI is InChI=1S/C14H25N3O/c1-3-4-5-6-7-9-12(17-15)14-13(18-2)10-8-11-16-14/h8,10-12,17H,3-7,9,15H2,1-2H3. The number of nitrogens with two attached hydrogens (primary N) is 1. The van der Waals surface area contributed by atoms with Crippen molar-refractivity contribution in [1.82, 2.24) is 10.4 Å². The van der Waals surface area contributed by atoms with Gasteiger partial charge in [0.25, 0.3) is 0 Å². The third-order valence-corrected chi connectivity index (χ3v) is 3.15. The van der Waals surface area contributed by atoms with Gasteiger partial charge in [0.05, 0.1) is 13.2 Å². The van der Waals surface area contributed by atoms with Crippen LogP contribution in [0, 0.1) is 0 Å². The summed E-state index contributed by atoms with van der Waals surface area (Å²) in [5.74, 6) is 6.42. The molecule has 4 heteroatoms. The number of nitrogens with one attached hydrogen (secondary N) is 1. The topological polar surface area (TPSA) is 60.2 Å². The van der Waals surface area contributed by atoms with Crippen molar-refractivity contribution in [3.05, 3.63) is 24.0 Å². The summed E-state index contributed by atoms with van der Waals surface area (Å²) in [5, 5.41) is 0. The minimum absolute atomic E-state index is 0.0720. The molecule has 102 valence electrons. The molecule has 0 aliphatic rings. The van der Waals surface area contributed by atoms with E-state index in [0.29, 0.717) is 0 Å². The number of hydrogen-bond acceptors (Lipinski definition) is 4. The summed E-state index contributed by atoms with van der Waals surface area (Å²) in [6.07, 6.45) is 9.07. The number of hydrazine groups is 1. The lowest BCUT2D eigenvalue weighted by Gasteiger charge is -2.17. The highest BCUT2D eigenvalue weighted by molar-refractivity contribution is 5.29. The zero-order valence-corrected chi connectivity index (χ0v) is 11.5. The molecule has 0 fully saturated rings. The van der Waals surface area contributed by atoms with Crippen molar-refractivity contribution < 1.29 is 4.74 Å². The van der Waals surface area contributed by atoms with Gasteiger partial charge in [0.1, 0.15) is 11.4 Å². The summed E-state index contributed by atoms with van der Waals surface area (Å²) in [7, 11) is 1.66. The summed E-state index contributed by atoms with van der Waals surface area (Å²) in [6.45, 7) is 2.23. The molecule has 0 aliphatic carbocycles. The van der Waals surface area contributed by atoms with Crippen LogP contribution in [0.2, 0.25) is 0 Å². The molecule has 1 unspecified atom stereocenters. The molecule has 0 saturated carbocycles. The minimum Gasteiger partial charge on any atom is -0.495 e. The van der Waals surface area contributed by atoms with E-state index in [1.54, 1.807) is 13.3 Å². The first kappa shape index (κ1) is 14.9. The van der Waals surface area contributed by atoms with Gasteiger partial charge in [-0.05, 0) is 18.6 Å². The zero-order valence-electron chi connectivity index (χ0n) is 11.5. The van der Waals surface area contributed by atoms with Crippen molar-refractivity contribution in [1.29, 1.82) is 0 Å². The number of ether oxygens (including phenoxy) is 1. The molecule has 0 saturated heterocycles. The Morgan fingerprint density at radius 1 is 1.33 bits per heavy atom. The summed E-state index contributed by atoms with van der Waals surface area (Å²) in [5.41, 5.74) is 3.74. The fraction of sp³-hybridized carbons (Fsp3) is 0.643. The number of hydrogen-bond donors (Lipinski definition) is 2. The maximum absolute atomic E-state index is 5.62. The molecule has 3 N–H and O–H groups in total. The molecule has 0 radical (unpaired) electrons. The number of unbranched alkanes of at least 4 members (excludes halogenated alkanes) is 4. The van der Waals surface area contributed by atoms with Gasteiger partial charge in [-0.1, -0.05) is 39.0 Å². The first-order valence-corrected chi connectivity index (χ1v) is 6.78. The monoisotopic (exact) mass is 251 g/mol. The van der Waals surface area contributed by atoms with Gasteiger partial charge in [-0.15, -0.1) is 0 Å². The van der Waals surface area contributed by atoms with Crippen molar-refractivity contribution in [2.75, 3.05) is 7.11 Å². The summed E-state index contributed by atoms with van der Waals surface area (Å²) >= 11 is 0. The highest BCUT2D eigenvalue weighted by Crippen LogP contribution is 2.25. The summed E-state index contributed by atoms with van der Waals surface area (Å²) in [6, 6.07) is 3.86. The fourth-order valence-electron chi connectivity index (χ4n) is 2.09. The van der Waals surface area contributed by atoms with Crippen LogP contribution < -0.4 is 16.0 Å². The van der Waals surface area contributed by atoms with E-state index in [1.165, 1.54) is 25.7 Å². The molecular weight excluding hydrogens is 226 g/mol. The van der Waals surface area contributed by atoms with Gasteiger partial charge in [-0.2, -0.15) is 0 Å². The van der Waals surface area contributed by atoms with E-state index in [4.69, 9.17) is 10.6 Å². The molecule has 1 rings (SSSR count). The number of rotatable bonds is 9. The van der Waals surface area contributed by atoms with E-state index in [-0.39, 0.29) is 6.04 Å². The second kappa shape index (κ2) is 8.89. The van der Waals surface area contributed by atoms with E-state index in [1.807, 2.05) is 12.1 Å². The number of pyridine rings is 1. The number of methoxy groups -OCH3 is 1. The van der Waals surface area contributed by atoms with Crippen LogP contribution in [0.3, 0.4) is 0 Å². The first-order valence-electron chi connectivity index (χ1n) is 6.78. The third-order valence-electron chi connectivity index (χ3n) is 3.15. The van der Waals surface area contributed by atoms with Crippen molar-refractivity contribution in [2.45, 2.75) is 51.5 Å². The van der Waals surface area contributed by atoms with Gasteiger partial charge in [-0.25, -0.2) is 0 Å². The lowest BCUT2D eigenvalue weighted by molar-refractivity contribution is 0.386. The average Bonchev–Trinajstić information content (AvgIpc) is 2.43. The van der Waals surface area contributed by atoms with Gasteiger partial charge in [0.15, 0.2) is 0 Å². The Morgan fingerprint density at radius 2 is 2.11 bits per heavy atom. The van der Waals surface area contributed by atoms with E-state index in [0.717, 1.165) is 24.3 Å². The normalized spacial score (nSPS) is 12.4. The Kier molecular flexibility index (Phi) is 7.37. The molecule has 0 aromatic carbocycles. The van der Waals surface area contributed by atoms with Gasteiger partial charge >= 0.3 is 0 Å². The molecule has 18 heavy (non-hydrogen) atoms. The van der Waals surface area contributed by atoms with Gasteiger partial charge in [0.2, 0.25) is 0 Å². The second-order valence-electron chi connectivity index (χ2n) is 4.51. The number of nitrogens with zero attached hydrogens (tertiary/aromatic N) is 1. The molecular formula is C14H25N3O. The maximum Gasteiger partial charge on any atom is 0.142 e. The minimum atomic E-state index is 0.0720. The van der Waals surface area contributed by atoms with Crippen LogP contribution >= 0.6 is 0 Å². The van der Waals surface area contributed by atoms with Crippen LogP contribution in [0.15, 0.2) is 18.3 Å². The van der Waals surface area contributed by atoms with Crippen LogP contribution in [0.5, 0.6) is 5.75 Å². The van der Waals surface area contributed by atoms with E-state index < -0.39 is 0 Å². The average molecular weight is 251 g/mol. The van der Waals surface area contributed by atoms with Crippen LogP contribution in [-0.2, 0) is 0 Å². The Morgan fingerprint density at radius 3 is 2.78 bits per heavy atom. The molecule has 0 aliphatic heterocycles. The molecule has 1 heterocycles. The first-order chi connectivity index (χ1) is 8.83. The van der Waals surface area contributed by atoms with Crippen molar-refractivity contribution >= 4 is 0 Å². The fourth-order valence-corrected chi connectivity index (χ4v) is 2.09. The molecule has 1 atom stereocenters. The largest absolute Gasteiger partial charge is 0.495 e. The van der Waals surface area contributed by atoms with E-state index in [2.05, 4.69) is 17.3 Å². The molecule has 1 aromatic rings. The Balaban J connectivity index is 2.49. The Labute approximate surface area is 110 Å². The molecule has 0 bridgehead atoms. The van der Waals surface area contributed by atoms with E-state index in [9.17, 15) is 0 Å². The smallest absolute Gasteiger partial charge is 0.142 e. The highest BCUT2D eigenvalue weighted by atomic mass is 16.5. The lowest BCUT2D eigenvalue weighted by atomic mass is 10.0. The van der Waals surface area contributed by atoms with Crippen LogP contribution in [0.4, 0.5) is 0 Å². The zero-order chi connectivity index (χ0) is 13.2. The number of aromatic nitrogens is 1. The van der Waals surface area contributed by atoms with Crippen molar-refractivity contribution in [3.63, 3.8) is 0 Å². The SMILES string of the molecule is CCCCCCCC(NN)c1ncccc1OC. The maximum atomic E-state index is 5.62. The summed E-state index contributed by atoms with van der Waals surface area (Å²) < 4.78 is 5.31. The predicted molar refractivity (Wildman–Crippen MR) is 74.2 cm³/mol. The second-order valence-corrected chi connectivity index (χ2v) is 4.51. The van der Waals surface area contributed by atoms with Gasteiger partial charge in [0, 0.05) is 6.20 Å². The summed E-state index contributed by atoms with van der Waals surface area (Å²) in [4.78, 5) is 4.37. The molecule has 4 nitrogen and oxygen atoms in total. The third kappa shape index (κ3) is 4.63. The Bertz CT molecular complexity index is 331. The lowest BCUT2D eigenvalue weighted by Crippen LogP contribution is -2.29. The van der Waals surface area contributed by atoms with Gasteiger partial charge in [-0.3, -0.25) is 16.3 Å². The van der Waals surface area contributed by atoms with Crippen molar-refractivity contribution in [2.24, 2.45) is 5.84 Å². The predicted octanol–water partition coefficient (Wildman–Crippen LogP) is 2.96. The van der Waals surface area contributed by atoms with Gasteiger partial charge < -0.3 is 4.74 Å². The Hall–Kier alpha value is -1.13. The van der Waals surface area contributed by atoms with Crippen LogP contribution in [0.1, 0.15) is 57.2 Å². The van der Waals surface area contributed by atoms with Crippen LogP contribution in [-0.4, -0.2) is 12.1 Å². The molecule has 0 spiro atoms. The molecule has 1 aromatic heterocycles.